The maximum Gasteiger partial charge on any atom is 0.254 e. The lowest BCUT2D eigenvalue weighted by molar-refractivity contribution is -0.134. The Bertz CT molecular complexity index is 1400. The smallest absolute Gasteiger partial charge is 0.254 e. The van der Waals surface area contributed by atoms with E-state index < -0.39 is 23.7 Å². The van der Waals surface area contributed by atoms with Gasteiger partial charge in [0.25, 0.3) is 11.8 Å². The number of piperazine rings is 1. The summed E-state index contributed by atoms with van der Waals surface area (Å²) in [5.41, 5.74) is 2.50. The molecule has 12 heteroatoms. The summed E-state index contributed by atoms with van der Waals surface area (Å²) >= 11 is 0. The van der Waals surface area contributed by atoms with Gasteiger partial charge in [-0.15, -0.1) is 0 Å². The van der Waals surface area contributed by atoms with E-state index in [-0.39, 0.29) is 30.2 Å². The second kappa shape index (κ2) is 13.9. The summed E-state index contributed by atoms with van der Waals surface area (Å²) in [5, 5.41) is 4.73. The highest BCUT2D eigenvalue weighted by atomic mass is 19.1. The summed E-state index contributed by atoms with van der Waals surface area (Å²) in [6.07, 6.45) is 2.56. The molecule has 4 saturated heterocycles. The van der Waals surface area contributed by atoms with Gasteiger partial charge in [0.2, 0.25) is 11.8 Å². The van der Waals surface area contributed by atoms with E-state index in [9.17, 15) is 23.6 Å². The van der Waals surface area contributed by atoms with Crippen molar-refractivity contribution < 1.29 is 28.3 Å². The topological polar surface area (TPSA) is 115 Å². The molecule has 0 bridgehead atoms. The van der Waals surface area contributed by atoms with Crippen LogP contribution in [-0.2, 0) is 14.3 Å². The standard InChI is InChI=1S/C33H41FN6O5/c34-28-21-26(5-6-27(28)31(42)35-29-7-8-30(41)36-32(29)43)39-15-13-37(14-16-39)22-23-9-11-38(12-10-23)25-3-1-24(2-4-25)33(44)40-17-19-45-20-18-40/h1-6,21,23,29H,7-20,22H2,(H,35,42)(H,36,41,43). The number of amides is 4. The fourth-order valence-electron chi connectivity index (χ4n) is 6.64. The third kappa shape index (κ3) is 7.45. The lowest BCUT2D eigenvalue weighted by Gasteiger charge is -2.40. The van der Waals surface area contributed by atoms with Crippen LogP contribution in [0.15, 0.2) is 42.5 Å². The monoisotopic (exact) mass is 620 g/mol. The second-order valence-corrected chi connectivity index (χ2v) is 12.3. The van der Waals surface area contributed by atoms with Crippen molar-refractivity contribution in [3.8, 4) is 0 Å². The SMILES string of the molecule is O=C1CCC(NC(=O)c2ccc(N3CCN(CC4CCN(c5ccc(C(=O)N6CCOCC6)cc5)CC4)CC3)cc2F)C(=O)N1. The molecule has 4 fully saturated rings. The van der Waals surface area contributed by atoms with Gasteiger partial charge in [-0.1, -0.05) is 0 Å². The number of morpholine rings is 1. The van der Waals surface area contributed by atoms with E-state index in [1.807, 2.05) is 17.0 Å². The number of ether oxygens (including phenoxy) is 1. The Labute approximate surface area is 262 Å². The van der Waals surface area contributed by atoms with Crippen LogP contribution in [0.25, 0.3) is 0 Å². The number of hydrogen-bond donors (Lipinski definition) is 2. The molecule has 2 aromatic carbocycles. The first-order chi connectivity index (χ1) is 21.8. The minimum atomic E-state index is -0.848. The largest absolute Gasteiger partial charge is 0.378 e. The van der Waals surface area contributed by atoms with Crippen molar-refractivity contribution in [2.24, 2.45) is 5.92 Å². The summed E-state index contributed by atoms with van der Waals surface area (Å²) in [4.78, 5) is 57.5. The third-order valence-electron chi connectivity index (χ3n) is 9.39. The molecule has 45 heavy (non-hydrogen) atoms. The van der Waals surface area contributed by atoms with Crippen molar-refractivity contribution in [3.05, 3.63) is 59.4 Å². The van der Waals surface area contributed by atoms with E-state index in [0.717, 1.165) is 75.6 Å². The Hall–Kier alpha value is -4.03. The quantitative estimate of drug-likeness (QED) is 0.452. The number of imide groups is 1. The Balaban J connectivity index is 0.933. The fourth-order valence-corrected chi connectivity index (χ4v) is 6.64. The van der Waals surface area contributed by atoms with Crippen molar-refractivity contribution in [2.75, 3.05) is 81.9 Å². The Morgan fingerprint density at radius 2 is 1.51 bits per heavy atom. The summed E-state index contributed by atoms with van der Waals surface area (Å²) in [6, 6.07) is 11.7. The Morgan fingerprint density at radius 3 is 2.18 bits per heavy atom. The van der Waals surface area contributed by atoms with Gasteiger partial charge in [0.1, 0.15) is 11.9 Å². The highest BCUT2D eigenvalue weighted by Crippen LogP contribution is 2.26. The maximum absolute atomic E-state index is 15.0. The number of rotatable bonds is 7. The molecular weight excluding hydrogens is 579 g/mol. The molecular formula is C33H41FN6O5. The maximum atomic E-state index is 15.0. The molecule has 6 rings (SSSR count). The Kier molecular flexibility index (Phi) is 9.60. The average Bonchev–Trinajstić information content (AvgIpc) is 3.07. The summed E-state index contributed by atoms with van der Waals surface area (Å²) in [6.45, 7) is 8.83. The molecule has 4 aliphatic rings. The summed E-state index contributed by atoms with van der Waals surface area (Å²) in [7, 11) is 0. The van der Waals surface area contributed by atoms with E-state index in [4.69, 9.17) is 4.74 Å². The Morgan fingerprint density at radius 1 is 0.844 bits per heavy atom. The predicted molar refractivity (Wildman–Crippen MR) is 167 cm³/mol. The molecule has 0 saturated carbocycles. The zero-order valence-corrected chi connectivity index (χ0v) is 25.5. The van der Waals surface area contributed by atoms with Crippen LogP contribution < -0.4 is 20.4 Å². The van der Waals surface area contributed by atoms with Crippen molar-refractivity contribution in [1.29, 1.82) is 0 Å². The van der Waals surface area contributed by atoms with E-state index >= 15 is 0 Å². The molecule has 0 spiro atoms. The van der Waals surface area contributed by atoms with Gasteiger partial charge >= 0.3 is 0 Å². The lowest BCUT2D eigenvalue weighted by Crippen LogP contribution is -2.52. The molecule has 1 unspecified atom stereocenters. The van der Waals surface area contributed by atoms with Gasteiger partial charge < -0.3 is 24.8 Å². The molecule has 2 N–H and O–H groups in total. The lowest BCUT2D eigenvalue weighted by atomic mass is 9.95. The van der Waals surface area contributed by atoms with Gasteiger partial charge in [-0.05, 0) is 67.6 Å². The first kappa shape index (κ1) is 31.0. The van der Waals surface area contributed by atoms with Crippen molar-refractivity contribution in [1.82, 2.24) is 20.4 Å². The minimum Gasteiger partial charge on any atom is -0.378 e. The number of anilines is 2. The molecule has 11 nitrogen and oxygen atoms in total. The first-order valence-corrected chi connectivity index (χ1v) is 16.0. The number of halogens is 1. The summed E-state index contributed by atoms with van der Waals surface area (Å²) < 4.78 is 20.3. The van der Waals surface area contributed by atoms with Crippen LogP contribution in [-0.4, -0.2) is 112 Å². The molecule has 1 atom stereocenters. The van der Waals surface area contributed by atoms with Crippen LogP contribution in [0.5, 0.6) is 0 Å². The number of benzene rings is 2. The molecule has 4 amide bonds. The van der Waals surface area contributed by atoms with E-state index in [2.05, 4.69) is 37.5 Å². The molecule has 0 aromatic heterocycles. The number of carbonyl (C=O) groups is 4. The number of nitrogens with zero attached hydrogens (tertiary/aromatic N) is 4. The van der Waals surface area contributed by atoms with Crippen LogP contribution in [0, 0.1) is 11.7 Å². The average molecular weight is 621 g/mol. The van der Waals surface area contributed by atoms with Crippen LogP contribution in [0.3, 0.4) is 0 Å². The highest BCUT2D eigenvalue weighted by Gasteiger charge is 2.29. The first-order valence-electron chi connectivity index (χ1n) is 16.0. The normalized spacial score (nSPS) is 21.9. The minimum absolute atomic E-state index is 0.0697. The fraction of sp³-hybridized carbons (Fsp3) is 0.515. The molecule has 240 valence electrons. The molecule has 0 radical (unpaired) electrons. The van der Waals surface area contributed by atoms with Gasteiger partial charge in [0.05, 0.1) is 18.8 Å². The molecule has 4 aliphatic heterocycles. The predicted octanol–water partition coefficient (Wildman–Crippen LogP) is 1.87. The second-order valence-electron chi connectivity index (χ2n) is 12.3. The highest BCUT2D eigenvalue weighted by molar-refractivity contribution is 6.04. The number of carbonyl (C=O) groups excluding carboxylic acids is 4. The van der Waals surface area contributed by atoms with Gasteiger partial charge in [-0.3, -0.25) is 29.4 Å². The third-order valence-corrected chi connectivity index (χ3v) is 9.39. The van der Waals surface area contributed by atoms with Gasteiger partial charge in [-0.2, -0.15) is 0 Å². The molecule has 0 aliphatic carbocycles. The van der Waals surface area contributed by atoms with Gasteiger partial charge in [-0.25, -0.2) is 4.39 Å². The zero-order valence-electron chi connectivity index (χ0n) is 25.5. The van der Waals surface area contributed by atoms with E-state index in [1.54, 1.807) is 6.07 Å². The van der Waals surface area contributed by atoms with Crippen molar-refractivity contribution in [2.45, 2.75) is 31.7 Å². The van der Waals surface area contributed by atoms with Gasteiger partial charge in [0.15, 0.2) is 0 Å². The zero-order chi connectivity index (χ0) is 31.3. The number of nitrogens with one attached hydrogen (secondary N) is 2. The number of hydrogen-bond acceptors (Lipinski definition) is 8. The van der Waals surface area contributed by atoms with Crippen LogP contribution in [0.2, 0.25) is 0 Å². The summed E-state index contributed by atoms with van der Waals surface area (Å²) in [5.74, 6) is -1.55. The van der Waals surface area contributed by atoms with E-state index in [0.29, 0.717) is 32.2 Å². The van der Waals surface area contributed by atoms with Gasteiger partial charge in [0, 0.05) is 82.3 Å². The van der Waals surface area contributed by atoms with Crippen LogP contribution in [0.4, 0.5) is 15.8 Å². The molecule has 2 aromatic rings. The van der Waals surface area contributed by atoms with Crippen molar-refractivity contribution >= 4 is 35.0 Å². The van der Waals surface area contributed by atoms with Crippen LogP contribution in [0.1, 0.15) is 46.4 Å². The number of piperidine rings is 2. The van der Waals surface area contributed by atoms with Crippen LogP contribution >= 0.6 is 0 Å². The molecule has 4 heterocycles. The van der Waals surface area contributed by atoms with E-state index in [1.165, 1.54) is 12.1 Å². The van der Waals surface area contributed by atoms with Crippen molar-refractivity contribution in [3.63, 3.8) is 0 Å².